The topological polar surface area (TPSA) is 29.9 Å². The van der Waals surface area contributed by atoms with E-state index in [4.69, 9.17) is 0 Å². The molecule has 1 fully saturated rings. The molecule has 0 aliphatic carbocycles. The van der Waals surface area contributed by atoms with Gasteiger partial charge >= 0.3 is 0 Å². The van der Waals surface area contributed by atoms with E-state index in [0.717, 1.165) is 11.0 Å². The van der Waals surface area contributed by atoms with Crippen molar-refractivity contribution in [2.75, 3.05) is 6.54 Å². The number of aromatic nitrogens is 2. The van der Waals surface area contributed by atoms with E-state index in [1.54, 1.807) is 0 Å². The van der Waals surface area contributed by atoms with Gasteiger partial charge in [0.1, 0.15) is 0 Å². The molecule has 18 heavy (non-hydrogen) atoms. The third kappa shape index (κ3) is 2.10. The number of halogens is 1. The molecule has 1 N–H and O–H groups in total. The Bertz CT molecular complexity index is 556. The van der Waals surface area contributed by atoms with Gasteiger partial charge in [0.15, 0.2) is 0 Å². The van der Waals surface area contributed by atoms with Crippen molar-refractivity contribution in [2.45, 2.75) is 25.8 Å². The number of hydrogen-bond acceptors (Lipinski definition) is 2. The number of nitrogens with zero attached hydrogens (tertiary/aromatic N) is 2. The molecule has 0 spiro atoms. The Hall–Kier alpha value is -1.13. The molecule has 3 rings (SSSR count). The van der Waals surface area contributed by atoms with E-state index in [0.29, 0.717) is 6.04 Å². The SMILES string of the molecule is Cc1cc(Br)ccc1-n1cncc1[C@@H]1CCCN1. The fourth-order valence-corrected chi connectivity index (χ4v) is 3.07. The molecule has 1 atom stereocenters. The predicted octanol–water partition coefficient (Wildman–Crippen LogP) is 3.37. The summed E-state index contributed by atoms with van der Waals surface area (Å²) < 4.78 is 3.31. The van der Waals surface area contributed by atoms with E-state index in [2.05, 4.69) is 55.9 Å². The molecule has 0 amide bonds. The monoisotopic (exact) mass is 305 g/mol. The summed E-state index contributed by atoms with van der Waals surface area (Å²) in [6.45, 7) is 3.24. The lowest BCUT2D eigenvalue weighted by Gasteiger charge is -2.15. The van der Waals surface area contributed by atoms with E-state index in [-0.39, 0.29) is 0 Å². The summed E-state index contributed by atoms with van der Waals surface area (Å²) in [6, 6.07) is 6.80. The second kappa shape index (κ2) is 4.86. The Balaban J connectivity index is 2.03. The summed E-state index contributed by atoms with van der Waals surface area (Å²) in [6.07, 6.45) is 6.33. The first-order valence-corrected chi connectivity index (χ1v) is 7.07. The zero-order valence-electron chi connectivity index (χ0n) is 10.4. The molecular formula is C14H16BrN3. The summed E-state index contributed by atoms with van der Waals surface area (Å²) >= 11 is 3.51. The molecule has 0 saturated carbocycles. The molecular weight excluding hydrogens is 290 g/mol. The number of aryl methyl sites for hydroxylation is 1. The zero-order chi connectivity index (χ0) is 12.5. The van der Waals surface area contributed by atoms with Crippen molar-refractivity contribution in [2.24, 2.45) is 0 Å². The fraction of sp³-hybridized carbons (Fsp3) is 0.357. The minimum Gasteiger partial charge on any atom is -0.309 e. The maximum absolute atomic E-state index is 4.32. The first kappa shape index (κ1) is 11.9. The number of nitrogens with one attached hydrogen (secondary N) is 1. The Morgan fingerprint density at radius 1 is 1.44 bits per heavy atom. The Morgan fingerprint density at radius 3 is 3.06 bits per heavy atom. The molecule has 94 valence electrons. The normalized spacial score (nSPS) is 19.3. The zero-order valence-corrected chi connectivity index (χ0v) is 11.9. The first-order chi connectivity index (χ1) is 8.75. The highest BCUT2D eigenvalue weighted by atomic mass is 79.9. The smallest absolute Gasteiger partial charge is 0.0994 e. The molecule has 3 nitrogen and oxygen atoms in total. The molecule has 1 aliphatic rings. The van der Waals surface area contributed by atoms with Gasteiger partial charge in [-0.15, -0.1) is 0 Å². The minimum absolute atomic E-state index is 0.440. The van der Waals surface area contributed by atoms with Crippen LogP contribution in [0.25, 0.3) is 5.69 Å². The molecule has 2 aromatic rings. The Morgan fingerprint density at radius 2 is 2.33 bits per heavy atom. The molecule has 1 aliphatic heterocycles. The van der Waals surface area contributed by atoms with Gasteiger partial charge in [0.05, 0.1) is 18.2 Å². The quantitative estimate of drug-likeness (QED) is 0.922. The van der Waals surface area contributed by atoms with E-state index >= 15 is 0 Å². The maximum atomic E-state index is 4.32. The van der Waals surface area contributed by atoms with Crippen LogP contribution < -0.4 is 5.32 Å². The van der Waals surface area contributed by atoms with Crippen LogP contribution in [0, 0.1) is 6.92 Å². The first-order valence-electron chi connectivity index (χ1n) is 6.28. The van der Waals surface area contributed by atoms with E-state index < -0.39 is 0 Å². The average molecular weight is 306 g/mol. The summed E-state index contributed by atoms with van der Waals surface area (Å²) in [5.41, 5.74) is 3.72. The maximum Gasteiger partial charge on any atom is 0.0994 e. The molecule has 1 saturated heterocycles. The van der Waals surface area contributed by atoms with Crippen molar-refractivity contribution in [3.8, 4) is 5.69 Å². The van der Waals surface area contributed by atoms with E-state index in [9.17, 15) is 0 Å². The third-order valence-electron chi connectivity index (χ3n) is 3.50. The van der Waals surface area contributed by atoms with Crippen molar-refractivity contribution in [3.05, 3.63) is 46.5 Å². The number of imidazole rings is 1. The van der Waals surface area contributed by atoms with Gasteiger partial charge in [0.2, 0.25) is 0 Å². The van der Waals surface area contributed by atoms with Crippen LogP contribution >= 0.6 is 15.9 Å². The van der Waals surface area contributed by atoms with Crippen LogP contribution in [0.1, 0.15) is 30.1 Å². The van der Waals surface area contributed by atoms with Gasteiger partial charge in [-0.05, 0) is 50.1 Å². The van der Waals surface area contributed by atoms with Crippen LogP contribution in [-0.4, -0.2) is 16.1 Å². The van der Waals surface area contributed by atoms with E-state index in [1.807, 2.05) is 12.5 Å². The van der Waals surface area contributed by atoms with Gasteiger partial charge in [0, 0.05) is 16.2 Å². The second-order valence-corrected chi connectivity index (χ2v) is 5.68. The van der Waals surface area contributed by atoms with Gasteiger partial charge in [-0.25, -0.2) is 4.98 Å². The standard InChI is InChI=1S/C14H16BrN3/c1-10-7-11(15)4-5-13(10)18-9-16-8-14(18)12-3-2-6-17-12/h4-5,7-9,12,17H,2-3,6H2,1H3/t12-/m0/s1. The van der Waals surface area contributed by atoms with Gasteiger partial charge in [0.25, 0.3) is 0 Å². The molecule has 1 aromatic carbocycles. The highest BCUT2D eigenvalue weighted by Crippen LogP contribution is 2.27. The van der Waals surface area contributed by atoms with Crippen molar-refractivity contribution >= 4 is 15.9 Å². The van der Waals surface area contributed by atoms with Crippen LogP contribution in [0.2, 0.25) is 0 Å². The van der Waals surface area contributed by atoms with Gasteiger partial charge < -0.3 is 9.88 Å². The molecule has 0 unspecified atom stereocenters. The fourth-order valence-electron chi connectivity index (χ4n) is 2.59. The molecule has 1 aromatic heterocycles. The van der Waals surface area contributed by atoms with Crippen LogP contribution in [0.15, 0.2) is 35.2 Å². The van der Waals surface area contributed by atoms with Crippen molar-refractivity contribution in [1.29, 1.82) is 0 Å². The Labute approximate surface area is 115 Å². The molecule has 0 radical (unpaired) electrons. The summed E-state index contributed by atoms with van der Waals surface area (Å²) in [4.78, 5) is 4.32. The summed E-state index contributed by atoms with van der Waals surface area (Å²) in [7, 11) is 0. The summed E-state index contributed by atoms with van der Waals surface area (Å²) in [5.74, 6) is 0. The van der Waals surface area contributed by atoms with Gasteiger partial charge in [-0.1, -0.05) is 15.9 Å². The lowest BCUT2D eigenvalue weighted by atomic mass is 10.1. The molecule has 0 bridgehead atoms. The van der Waals surface area contributed by atoms with Crippen LogP contribution in [0.4, 0.5) is 0 Å². The number of benzene rings is 1. The van der Waals surface area contributed by atoms with Crippen LogP contribution in [-0.2, 0) is 0 Å². The number of rotatable bonds is 2. The lowest BCUT2D eigenvalue weighted by molar-refractivity contribution is 0.615. The van der Waals surface area contributed by atoms with Crippen molar-refractivity contribution < 1.29 is 0 Å². The lowest BCUT2D eigenvalue weighted by Crippen LogP contribution is -2.16. The van der Waals surface area contributed by atoms with E-state index in [1.165, 1.54) is 29.8 Å². The third-order valence-corrected chi connectivity index (χ3v) is 4.00. The predicted molar refractivity (Wildman–Crippen MR) is 76.0 cm³/mol. The van der Waals surface area contributed by atoms with Crippen LogP contribution in [0.3, 0.4) is 0 Å². The van der Waals surface area contributed by atoms with Gasteiger partial charge in [-0.3, -0.25) is 0 Å². The van der Waals surface area contributed by atoms with Gasteiger partial charge in [-0.2, -0.15) is 0 Å². The highest BCUT2D eigenvalue weighted by molar-refractivity contribution is 9.10. The van der Waals surface area contributed by atoms with Crippen LogP contribution in [0.5, 0.6) is 0 Å². The van der Waals surface area contributed by atoms with Crippen molar-refractivity contribution in [1.82, 2.24) is 14.9 Å². The molecule has 4 heteroatoms. The molecule has 2 heterocycles. The minimum atomic E-state index is 0.440. The second-order valence-electron chi connectivity index (χ2n) is 4.77. The average Bonchev–Trinajstić information content (AvgIpc) is 2.98. The highest BCUT2D eigenvalue weighted by Gasteiger charge is 2.20. The largest absolute Gasteiger partial charge is 0.309 e. The number of hydrogen-bond donors (Lipinski definition) is 1. The summed E-state index contributed by atoms with van der Waals surface area (Å²) in [5, 5.41) is 3.53. The Kier molecular flexibility index (Phi) is 3.22. The van der Waals surface area contributed by atoms with Crippen molar-refractivity contribution in [3.63, 3.8) is 0 Å².